The van der Waals surface area contributed by atoms with Gasteiger partial charge in [-0.1, -0.05) is 26.0 Å². The Hall–Kier alpha value is -2.14. The number of carbonyl (C=O) groups excluding carboxylic acids is 2. The molecule has 1 fully saturated rings. The molecule has 130 valence electrons. The number of carbonyl (C=O) groups is 2. The summed E-state index contributed by atoms with van der Waals surface area (Å²) in [5.74, 6) is -0.260. The Bertz CT molecular complexity index is 614. The zero-order valence-electron chi connectivity index (χ0n) is 14.5. The van der Waals surface area contributed by atoms with Crippen molar-refractivity contribution in [3.05, 3.63) is 41.5 Å². The highest BCUT2D eigenvalue weighted by Gasteiger charge is 2.25. The Morgan fingerprint density at radius 2 is 1.92 bits per heavy atom. The normalized spacial score (nSPS) is 16.9. The first-order valence-corrected chi connectivity index (χ1v) is 8.37. The topological polar surface area (TPSA) is 78.4 Å². The molecule has 5 nitrogen and oxygen atoms in total. The van der Waals surface area contributed by atoms with Crippen molar-refractivity contribution in [1.82, 2.24) is 10.6 Å². The fourth-order valence-electron chi connectivity index (χ4n) is 1.94. The van der Waals surface area contributed by atoms with Gasteiger partial charge in [0.1, 0.15) is 0 Å². The SMILES string of the molecule is CC(C)C(C)(O)CNC(=O)C=Cc1ccc(C(=O)NC2CC2)cc1. The molecule has 2 amide bonds. The summed E-state index contributed by atoms with van der Waals surface area (Å²) in [5, 5.41) is 15.7. The summed E-state index contributed by atoms with van der Waals surface area (Å²) in [4.78, 5) is 23.7. The van der Waals surface area contributed by atoms with Crippen molar-refractivity contribution < 1.29 is 14.7 Å². The zero-order valence-corrected chi connectivity index (χ0v) is 14.5. The number of nitrogens with one attached hydrogen (secondary N) is 2. The van der Waals surface area contributed by atoms with Crippen LogP contribution < -0.4 is 10.6 Å². The van der Waals surface area contributed by atoms with Gasteiger partial charge >= 0.3 is 0 Å². The number of hydrogen-bond donors (Lipinski definition) is 3. The second-order valence-corrected chi connectivity index (χ2v) is 6.93. The molecule has 0 aromatic heterocycles. The van der Waals surface area contributed by atoms with E-state index in [-0.39, 0.29) is 24.3 Å². The van der Waals surface area contributed by atoms with Gasteiger partial charge in [-0.15, -0.1) is 0 Å². The third-order valence-electron chi connectivity index (χ3n) is 4.38. The lowest BCUT2D eigenvalue weighted by atomic mass is 9.92. The predicted octanol–water partition coefficient (Wildman–Crippen LogP) is 2.12. The van der Waals surface area contributed by atoms with Crippen molar-refractivity contribution in [1.29, 1.82) is 0 Å². The number of aliphatic hydroxyl groups is 1. The maximum absolute atomic E-state index is 11.9. The molecule has 0 radical (unpaired) electrons. The van der Waals surface area contributed by atoms with Gasteiger partial charge in [0, 0.05) is 24.2 Å². The van der Waals surface area contributed by atoms with E-state index in [0.29, 0.717) is 11.6 Å². The van der Waals surface area contributed by atoms with Crippen molar-refractivity contribution in [2.24, 2.45) is 5.92 Å². The van der Waals surface area contributed by atoms with E-state index in [1.54, 1.807) is 37.3 Å². The molecule has 1 aliphatic rings. The van der Waals surface area contributed by atoms with Crippen molar-refractivity contribution >= 4 is 17.9 Å². The summed E-state index contributed by atoms with van der Waals surface area (Å²) < 4.78 is 0. The molecule has 3 N–H and O–H groups in total. The monoisotopic (exact) mass is 330 g/mol. The minimum atomic E-state index is -0.930. The molecule has 1 aliphatic carbocycles. The number of hydrogen-bond acceptors (Lipinski definition) is 3. The van der Waals surface area contributed by atoms with E-state index in [1.807, 2.05) is 13.8 Å². The fourth-order valence-corrected chi connectivity index (χ4v) is 1.94. The van der Waals surface area contributed by atoms with E-state index < -0.39 is 5.60 Å². The lowest BCUT2D eigenvalue weighted by Crippen LogP contribution is -2.43. The Morgan fingerprint density at radius 1 is 1.29 bits per heavy atom. The molecular formula is C19H26N2O3. The molecule has 1 aromatic carbocycles. The van der Waals surface area contributed by atoms with E-state index in [4.69, 9.17) is 0 Å². The molecule has 0 spiro atoms. The smallest absolute Gasteiger partial charge is 0.251 e. The van der Waals surface area contributed by atoms with Gasteiger partial charge in [0.05, 0.1) is 5.60 Å². The van der Waals surface area contributed by atoms with Crippen molar-refractivity contribution in [2.75, 3.05) is 6.54 Å². The van der Waals surface area contributed by atoms with Gasteiger partial charge in [0.25, 0.3) is 5.91 Å². The molecule has 0 saturated heterocycles. The highest BCUT2D eigenvalue weighted by Crippen LogP contribution is 2.19. The lowest BCUT2D eigenvalue weighted by Gasteiger charge is -2.27. The van der Waals surface area contributed by atoms with Crippen molar-refractivity contribution in [3.8, 4) is 0 Å². The van der Waals surface area contributed by atoms with Crippen LogP contribution in [0.25, 0.3) is 6.08 Å². The van der Waals surface area contributed by atoms with Crippen LogP contribution in [-0.4, -0.2) is 35.1 Å². The zero-order chi connectivity index (χ0) is 17.7. The molecule has 1 saturated carbocycles. The molecule has 0 aliphatic heterocycles. The fraction of sp³-hybridized carbons (Fsp3) is 0.474. The molecule has 24 heavy (non-hydrogen) atoms. The third kappa shape index (κ3) is 5.49. The third-order valence-corrected chi connectivity index (χ3v) is 4.38. The van der Waals surface area contributed by atoms with E-state index in [9.17, 15) is 14.7 Å². The first-order valence-electron chi connectivity index (χ1n) is 8.37. The minimum Gasteiger partial charge on any atom is -0.388 e. The summed E-state index contributed by atoms with van der Waals surface area (Å²) in [5.41, 5.74) is 0.528. The van der Waals surface area contributed by atoms with Crippen LogP contribution in [0.2, 0.25) is 0 Å². The first-order chi connectivity index (χ1) is 11.3. The van der Waals surface area contributed by atoms with Gasteiger partial charge in [0.2, 0.25) is 5.91 Å². The second kappa shape index (κ2) is 7.62. The van der Waals surface area contributed by atoms with Gasteiger partial charge in [0.15, 0.2) is 0 Å². The first kappa shape index (κ1) is 18.2. The Labute approximate surface area is 143 Å². The highest BCUT2D eigenvalue weighted by atomic mass is 16.3. The van der Waals surface area contributed by atoms with Crippen LogP contribution in [0, 0.1) is 5.92 Å². The average Bonchev–Trinajstić information content (AvgIpc) is 3.35. The summed E-state index contributed by atoms with van der Waals surface area (Å²) in [6.07, 6.45) is 5.23. The standard InChI is InChI=1S/C19H26N2O3/c1-13(2)19(3,24)12-20-17(22)11-6-14-4-7-15(8-5-14)18(23)21-16-9-10-16/h4-8,11,13,16,24H,9-10,12H2,1-3H3,(H,20,22)(H,21,23). The Morgan fingerprint density at radius 3 is 2.46 bits per heavy atom. The van der Waals surface area contributed by atoms with Gasteiger partial charge in [-0.25, -0.2) is 0 Å². The van der Waals surface area contributed by atoms with Gasteiger partial charge in [-0.2, -0.15) is 0 Å². The van der Waals surface area contributed by atoms with Gasteiger partial charge < -0.3 is 15.7 Å². The van der Waals surface area contributed by atoms with Crippen LogP contribution in [0.15, 0.2) is 30.3 Å². The van der Waals surface area contributed by atoms with Crippen molar-refractivity contribution in [2.45, 2.75) is 45.3 Å². The number of benzene rings is 1. The maximum atomic E-state index is 11.9. The van der Waals surface area contributed by atoms with E-state index in [1.165, 1.54) is 6.08 Å². The molecule has 1 unspecified atom stereocenters. The molecule has 2 rings (SSSR count). The maximum Gasteiger partial charge on any atom is 0.251 e. The van der Waals surface area contributed by atoms with Crippen LogP contribution in [-0.2, 0) is 4.79 Å². The molecule has 0 bridgehead atoms. The van der Waals surface area contributed by atoms with Gasteiger partial charge in [-0.3, -0.25) is 9.59 Å². The van der Waals surface area contributed by atoms with Crippen LogP contribution in [0.4, 0.5) is 0 Å². The largest absolute Gasteiger partial charge is 0.388 e. The van der Waals surface area contributed by atoms with Crippen LogP contribution in [0.5, 0.6) is 0 Å². The van der Waals surface area contributed by atoms with Crippen LogP contribution in [0.1, 0.15) is 49.5 Å². The average molecular weight is 330 g/mol. The van der Waals surface area contributed by atoms with Crippen molar-refractivity contribution in [3.63, 3.8) is 0 Å². The highest BCUT2D eigenvalue weighted by molar-refractivity contribution is 5.95. The summed E-state index contributed by atoms with van der Waals surface area (Å²) >= 11 is 0. The minimum absolute atomic E-state index is 0.0520. The molecule has 1 atom stereocenters. The van der Waals surface area contributed by atoms with Gasteiger partial charge in [-0.05, 0) is 49.5 Å². The summed E-state index contributed by atoms with van der Waals surface area (Å²) in [6.45, 7) is 5.72. The Kier molecular flexibility index (Phi) is 5.78. The molecule has 0 heterocycles. The number of rotatable bonds is 7. The van der Waals surface area contributed by atoms with Crippen LogP contribution >= 0.6 is 0 Å². The molecular weight excluding hydrogens is 304 g/mol. The molecule has 5 heteroatoms. The number of amides is 2. The van der Waals surface area contributed by atoms with E-state index in [0.717, 1.165) is 18.4 Å². The summed E-state index contributed by atoms with van der Waals surface area (Å²) in [6, 6.07) is 7.44. The predicted molar refractivity (Wildman–Crippen MR) is 94.4 cm³/mol. The molecule has 1 aromatic rings. The van der Waals surface area contributed by atoms with E-state index in [2.05, 4.69) is 10.6 Å². The van der Waals surface area contributed by atoms with Crippen LogP contribution in [0.3, 0.4) is 0 Å². The quantitative estimate of drug-likeness (QED) is 0.670. The lowest BCUT2D eigenvalue weighted by molar-refractivity contribution is -0.118. The Balaban J connectivity index is 1.84. The second-order valence-electron chi connectivity index (χ2n) is 6.93. The summed E-state index contributed by atoms with van der Waals surface area (Å²) in [7, 11) is 0. The van der Waals surface area contributed by atoms with E-state index >= 15 is 0 Å².